The third-order valence-corrected chi connectivity index (χ3v) is 10.7. The topological polar surface area (TPSA) is 91.9 Å². The highest BCUT2D eigenvalue weighted by Gasteiger charge is 2.37. The first-order chi connectivity index (χ1) is 25.2. The molecule has 0 N–H and O–H groups in total. The average Bonchev–Trinajstić information content (AvgIpc) is 3.11. The maximum absolute atomic E-state index is 14.0. The largest absolute Gasteiger partial charge is 0.493 e. The summed E-state index contributed by atoms with van der Waals surface area (Å²) in [5.74, 6) is 1.76. The van der Waals surface area contributed by atoms with Crippen LogP contribution >= 0.6 is 11.6 Å². The molecule has 3 aromatic carbocycles. The highest BCUT2D eigenvalue weighted by atomic mass is 35.5. The quantitative estimate of drug-likeness (QED) is 0.220. The van der Waals surface area contributed by atoms with E-state index in [1.54, 1.807) is 7.11 Å². The number of halogens is 1. The van der Waals surface area contributed by atoms with Crippen molar-refractivity contribution in [1.29, 1.82) is 0 Å². The molecule has 1 atom stereocenters. The Labute approximate surface area is 318 Å². The monoisotopic (exact) mass is 744 g/mol. The van der Waals surface area contributed by atoms with Gasteiger partial charge in [0, 0.05) is 49.1 Å². The van der Waals surface area contributed by atoms with E-state index in [1.807, 2.05) is 92.9 Å². The first-order valence-corrected chi connectivity index (χ1v) is 19.1. The first kappa shape index (κ1) is 38.3. The van der Waals surface area contributed by atoms with Crippen molar-refractivity contribution in [1.82, 2.24) is 9.80 Å². The highest BCUT2D eigenvalue weighted by molar-refractivity contribution is 6.30. The number of hydrogen-bond acceptors (Lipinski definition) is 7. The summed E-state index contributed by atoms with van der Waals surface area (Å²) in [6, 6.07) is 19.7. The predicted molar refractivity (Wildman–Crippen MR) is 208 cm³/mol. The number of benzene rings is 3. The van der Waals surface area contributed by atoms with Crippen LogP contribution in [0.1, 0.15) is 83.0 Å². The van der Waals surface area contributed by atoms with Gasteiger partial charge in [0.05, 0.1) is 25.7 Å². The Morgan fingerprint density at radius 1 is 0.925 bits per heavy atom. The lowest BCUT2D eigenvalue weighted by atomic mass is 9.84. The fourth-order valence-corrected chi connectivity index (χ4v) is 8.01. The van der Waals surface area contributed by atoms with Gasteiger partial charge in [0.25, 0.3) is 0 Å². The van der Waals surface area contributed by atoms with Gasteiger partial charge in [-0.25, -0.2) is 4.79 Å². The molecule has 2 heterocycles. The van der Waals surface area contributed by atoms with Gasteiger partial charge in [0.15, 0.2) is 11.5 Å². The lowest BCUT2D eigenvalue weighted by Gasteiger charge is -2.42. The van der Waals surface area contributed by atoms with Crippen molar-refractivity contribution in [2.24, 2.45) is 5.92 Å². The summed E-state index contributed by atoms with van der Waals surface area (Å²) in [6.45, 7) is 11.5. The molecule has 11 heteroatoms. The Hall–Kier alpha value is -4.44. The minimum absolute atomic E-state index is 0.000342. The van der Waals surface area contributed by atoms with Gasteiger partial charge >= 0.3 is 6.09 Å². The minimum atomic E-state index is -0.589. The number of piperazine rings is 1. The fourth-order valence-electron chi connectivity index (χ4n) is 7.88. The molecule has 3 aromatic rings. The molecule has 2 fully saturated rings. The second-order valence-electron chi connectivity index (χ2n) is 15.8. The molecule has 0 unspecified atom stereocenters. The van der Waals surface area contributed by atoms with E-state index < -0.39 is 11.7 Å². The third-order valence-electron chi connectivity index (χ3n) is 10.4. The molecule has 1 saturated heterocycles. The molecule has 1 saturated carbocycles. The van der Waals surface area contributed by atoms with E-state index in [4.69, 9.17) is 25.8 Å². The zero-order valence-electron chi connectivity index (χ0n) is 32.1. The van der Waals surface area contributed by atoms with Crippen LogP contribution in [-0.2, 0) is 20.7 Å². The number of carbonyl (C=O) groups is 3. The van der Waals surface area contributed by atoms with Crippen LogP contribution in [0.5, 0.6) is 11.5 Å². The number of amides is 3. The van der Waals surface area contributed by atoms with Crippen LogP contribution in [0.3, 0.4) is 0 Å². The van der Waals surface area contributed by atoms with E-state index >= 15 is 0 Å². The minimum Gasteiger partial charge on any atom is -0.493 e. The Morgan fingerprint density at radius 2 is 1.60 bits per heavy atom. The molecule has 3 aliphatic rings. The standard InChI is InChI=1S/C42H53ClN4O6/c1-27(2)52-37-24-35-30(22-36(37)51-7)23-38(48)47(40(35)29-10-12-31(43)13-11-29)34-18-16-32(17-19-34)44(6)25-28-8-14-33(15-9-28)46-21-20-45(26-39(46)49)41(50)53-42(3,4)5/h10-13,16-19,22,24,27-28,33,40H,8-9,14-15,20-21,23,25-26H2,1-7H3/t28?,33?,40-/m0/s1. The van der Waals surface area contributed by atoms with Crippen molar-refractivity contribution in [3.8, 4) is 11.5 Å². The SMILES string of the molecule is COc1cc2c(cc1OC(C)C)[C@H](c1ccc(Cl)cc1)N(c1ccc(N(C)CC3CCC(N4CCN(C(=O)OC(C)(C)C)CC4=O)CC3)cc1)C(=O)C2. The lowest BCUT2D eigenvalue weighted by Crippen LogP contribution is -2.56. The summed E-state index contributed by atoms with van der Waals surface area (Å²) in [6.07, 6.45) is 3.74. The molecule has 3 amide bonds. The zero-order valence-corrected chi connectivity index (χ0v) is 32.8. The van der Waals surface area contributed by atoms with Crippen LogP contribution < -0.4 is 19.3 Å². The van der Waals surface area contributed by atoms with E-state index in [1.165, 1.54) is 4.90 Å². The maximum atomic E-state index is 14.0. The molecule has 10 nitrogen and oxygen atoms in total. The molecular formula is C42H53ClN4O6. The predicted octanol–water partition coefficient (Wildman–Crippen LogP) is 7.89. The number of rotatable bonds is 9. The van der Waals surface area contributed by atoms with Gasteiger partial charge in [-0.15, -0.1) is 0 Å². The number of hydrogen-bond donors (Lipinski definition) is 0. The fraction of sp³-hybridized carbons (Fsp3) is 0.500. The normalized spacial score (nSPS) is 20.7. The Balaban J connectivity index is 1.12. The Bertz CT molecular complexity index is 1780. The molecule has 0 radical (unpaired) electrons. The van der Waals surface area contributed by atoms with Crippen LogP contribution in [0.4, 0.5) is 16.2 Å². The lowest BCUT2D eigenvalue weighted by molar-refractivity contribution is -0.139. The zero-order chi connectivity index (χ0) is 38.0. The molecule has 6 rings (SSSR count). The van der Waals surface area contributed by atoms with Crippen molar-refractivity contribution in [3.05, 3.63) is 82.4 Å². The van der Waals surface area contributed by atoms with E-state index in [2.05, 4.69) is 24.1 Å². The number of methoxy groups -OCH3 is 1. The molecule has 53 heavy (non-hydrogen) atoms. The smallest absolute Gasteiger partial charge is 0.410 e. The van der Waals surface area contributed by atoms with Crippen molar-refractivity contribution in [2.75, 3.05) is 50.1 Å². The number of nitrogens with zero attached hydrogens (tertiary/aromatic N) is 4. The molecule has 284 valence electrons. The van der Waals surface area contributed by atoms with Gasteiger partial charge in [0.2, 0.25) is 11.8 Å². The molecular weight excluding hydrogens is 692 g/mol. The molecule has 1 aliphatic carbocycles. The Morgan fingerprint density at radius 3 is 2.21 bits per heavy atom. The summed E-state index contributed by atoms with van der Waals surface area (Å²) in [5, 5.41) is 0.633. The third kappa shape index (κ3) is 8.86. The van der Waals surface area contributed by atoms with Gasteiger partial charge in [-0.05, 0) is 131 Å². The molecule has 2 aliphatic heterocycles. The summed E-state index contributed by atoms with van der Waals surface area (Å²) < 4.78 is 17.3. The summed E-state index contributed by atoms with van der Waals surface area (Å²) in [5.41, 5.74) is 4.16. The van der Waals surface area contributed by atoms with Crippen LogP contribution in [0, 0.1) is 5.92 Å². The molecule has 0 aromatic heterocycles. The van der Waals surface area contributed by atoms with E-state index in [-0.39, 0.29) is 43.0 Å². The molecule has 0 spiro atoms. The van der Waals surface area contributed by atoms with Crippen LogP contribution in [0.25, 0.3) is 0 Å². The van der Waals surface area contributed by atoms with Gasteiger partial charge in [-0.1, -0.05) is 23.7 Å². The second kappa shape index (κ2) is 15.9. The highest BCUT2D eigenvalue weighted by Crippen LogP contribution is 2.44. The van der Waals surface area contributed by atoms with Crippen LogP contribution in [0.15, 0.2) is 60.7 Å². The van der Waals surface area contributed by atoms with Gasteiger partial charge in [0.1, 0.15) is 12.1 Å². The van der Waals surface area contributed by atoms with Crippen LogP contribution in [-0.4, -0.2) is 85.8 Å². The van der Waals surface area contributed by atoms with Crippen molar-refractivity contribution in [2.45, 2.75) is 90.5 Å². The number of fused-ring (bicyclic) bond motifs is 1. The average molecular weight is 745 g/mol. The maximum Gasteiger partial charge on any atom is 0.410 e. The van der Waals surface area contributed by atoms with E-state index in [0.717, 1.165) is 60.3 Å². The second-order valence-corrected chi connectivity index (χ2v) is 16.3. The van der Waals surface area contributed by atoms with Crippen molar-refractivity contribution < 1.29 is 28.6 Å². The van der Waals surface area contributed by atoms with Crippen molar-refractivity contribution >= 4 is 40.9 Å². The molecule has 0 bridgehead atoms. The number of ether oxygens (including phenoxy) is 3. The Kier molecular flexibility index (Phi) is 11.5. The van der Waals surface area contributed by atoms with Crippen LogP contribution in [0.2, 0.25) is 5.02 Å². The summed E-state index contributed by atoms with van der Waals surface area (Å²) in [7, 11) is 3.73. The number of carbonyl (C=O) groups excluding carboxylic acids is 3. The van der Waals surface area contributed by atoms with Crippen molar-refractivity contribution in [3.63, 3.8) is 0 Å². The summed E-state index contributed by atoms with van der Waals surface area (Å²) in [4.78, 5) is 47.2. The first-order valence-electron chi connectivity index (χ1n) is 18.7. The number of anilines is 2. The summed E-state index contributed by atoms with van der Waals surface area (Å²) >= 11 is 6.30. The van der Waals surface area contributed by atoms with E-state index in [9.17, 15) is 14.4 Å². The van der Waals surface area contributed by atoms with Gasteiger partial charge in [-0.2, -0.15) is 0 Å². The van der Waals surface area contributed by atoms with E-state index in [0.29, 0.717) is 35.5 Å². The van der Waals surface area contributed by atoms with Gasteiger partial charge in [-0.3, -0.25) is 14.5 Å². The van der Waals surface area contributed by atoms with Gasteiger partial charge < -0.3 is 28.9 Å².